The van der Waals surface area contributed by atoms with Gasteiger partial charge in [0.2, 0.25) is 0 Å². The number of pyridine rings is 1. The monoisotopic (exact) mass is 300 g/mol. The summed E-state index contributed by atoms with van der Waals surface area (Å²) in [6.45, 7) is 5.25. The Hall–Kier alpha value is -1.38. The predicted molar refractivity (Wildman–Crippen MR) is 87.9 cm³/mol. The highest BCUT2D eigenvalue weighted by Gasteiger charge is 2.32. The maximum absolute atomic E-state index is 6.22. The van der Waals surface area contributed by atoms with Gasteiger partial charge in [0.15, 0.2) is 0 Å². The molecule has 2 aromatic rings. The predicted octanol–water partition coefficient (Wildman–Crippen LogP) is 4.42. The minimum Gasteiger partial charge on any atom is -0.310 e. The average molecular weight is 301 g/mol. The van der Waals surface area contributed by atoms with E-state index in [1.165, 1.54) is 22.4 Å². The molecule has 2 atom stereocenters. The Morgan fingerprint density at radius 3 is 3.05 bits per heavy atom. The highest BCUT2D eigenvalue weighted by molar-refractivity contribution is 6.30. The standard InChI is InChI=1S/C18H21ClN2/c1-3-20-18(16-11-14(19)8-6-12(16)2)15-9-7-13-5-4-10-21-17(13)15/h4-6,8,10-11,15,18,20H,3,7,9H2,1-2H3. The molecular formula is C18H21ClN2. The van der Waals surface area contributed by atoms with E-state index in [1.54, 1.807) is 0 Å². The fourth-order valence-corrected chi connectivity index (χ4v) is 3.58. The van der Waals surface area contributed by atoms with Gasteiger partial charge in [-0.15, -0.1) is 0 Å². The van der Waals surface area contributed by atoms with Crippen molar-refractivity contribution in [3.63, 3.8) is 0 Å². The van der Waals surface area contributed by atoms with Gasteiger partial charge in [0.05, 0.1) is 0 Å². The van der Waals surface area contributed by atoms with E-state index in [9.17, 15) is 0 Å². The number of nitrogens with one attached hydrogen (secondary N) is 1. The van der Waals surface area contributed by atoms with Gasteiger partial charge in [-0.05, 0) is 61.2 Å². The van der Waals surface area contributed by atoms with Crippen LogP contribution in [0.4, 0.5) is 0 Å². The fraction of sp³-hybridized carbons (Fsp3) is 0.389. The zero-order valence-electron chi connectivity index (χ0n) is 12.6. The lowest BCUT2D eigenvalue weighted by Gasteiger charge is -2.27. The van der Waals surface area contributed by atoms with E-state index < -0.39 is 0 Å². The number of fused-ring (bicyclic) bond motifs is 1. The van der Waals surface area contributed by atoms with Gasteiger partial charge in [-0.1, -0.05) is 30.7 Å². The van der Waals surface area contributed by atoms with E-state index in [0.717, 1.165) is 24.4 Å². The second-order valence-electron chi connectivity index (χ2n) is 5.73. The molecule has 0 aliphatic heterocycles. The summed E-state index contributed by atoms with van der Waals surface area (Å²) < 4.78 is 0. The molecule has 0 bridgehead atoms. The first-order chi connectivity index (χ1) is 10.2. The summed E-state index contributed by atoms with van der Waals surface area (Å²) >= 11 is 6.22. The first kappa shape index (κ1) is 14.6. The molecule has 0 amide bonds. The number of hydrogen-bond acceptors (Lipinski definition) is 2. The molecule has 21 heavy (non-hydrogen) atoms. The quantitative estimate of drug-likeness (QED) is 0.904. The van der Waals surface area contributed by atoms with Crippen LogP contribution in [0.2, 0.25) is 5.02 Å². The summed E-state index contributed by atoms with van der Waals surface area (Å²) in [7, 11) is 0. The molecule has 1 aliphatic rings. The summed E-state index contributed by atoms with van der Waals surface area (Å²) in [6, 6.07) is 10.7. The first-order valence-electron chi connectivity index (χ1n) is 7.64. The third kappa shape index (κ3) is 2.83. The highest BCUT2D eigenvalue weighted by atomic mass is 35.5. The van der Waals surface area contributed by atoms with Crippen molar-refractivity contribution in [1.82, 2.24) is 10.3 Å². The molecule has 0 saturated heterocycles. The van der Waals surface area contributed by atoms with Crippen molar-refractivity contribution in [1.29, 1.82) is 0 Å². The third-order valence-electron chi connectivity index (χ3n) is 4.40. The lowest BCUT2D eigenvalue weighted by Crippen LogP contribution is -2.27. The van der Waals surface area contributed by atoms with Crippen LogP contribution < -0.4 is 5.32 Å². The van der Waals surface area contributed by atoms with Gasteiger partial charge in [0.1, 0.15) is 0 Å². The van der Waals surface area contributed by atoms with Crippen LogP contribution in [0.15, 0.2) is 36.5 Å². The summed E-state index contributed by atoms with van der Waals surface area (Å²) in [4.78, 5) is 4.65. The molecule has 1 N–H and O–H groups in total. The minimum absolute atomic E-state index is 0.282. The van der Waals surface area contributed by atoms with Crippen LogP contribution in [0, 0.1) is 6.92 Å². The summed E-state index contributed by atoms with van der Waals surface area (Å²) in [6.07, 6.45) is 4.18. The number of aryl methyl sites for hydroxylation is 2. The van der Waals surface area contributed by atoms with Crippen molar-refractivity contribution < 1.29 is 0 Å². The van der Waals surface area contributed by atoms with Crippen molar-refractivity contribution in [3.05, 3.63) is 63.9 Å². The maximum Gasteiger partial charge on any atom is 0.0485 e. The van der Waals surface area contributed by atoms with Gasteiger partial charge in [0.25, 0.3) is 0 Å². The molecule has 1 aromatic heterocycles. The van der Waals surface area contributed by atoms with Gasteiger partial charge >= 0.3 is 0 Å². The third-order valence-corrected chi connectivity index (χ3v) is 4.64. The lowest BCUT2D eigenvalue weighted by atomic mass is 9.88. The second kappa shape index (κ2) is 6.17. The Labute approximate surface area is 131 Å². The smallest absolute Gasteiger partial charge is 0.0485 e. The van der Waals surface area contributed by atoms with E-state index in [4.69, 9.17) is 11.6 Å². The lowest BCUT2D eigenvalue weighted by molar-refractivity contribution is 0.446. The highest BCUT2D eigenvalue weighted by Crippen LogP contribution is 2.41. The van der Waals surface area contributed by atoms with Crippen LogP contribution in [0.3, 0.4) is 0 Å². The van der Waals surface area contributed by atoms with Crippen LogP contribution >= 0.6 is 11.6 Å². The normalized spacial score (nSPS) is 18.5. The van der Waals surface area contributed by atoms with Crippen molar-refractivity contribution in [2.24, 2.45) is 0 Å². The molecule has 0 saturated carbocycles. The summed E-state index contributed by atoms with van der Waals surface area (Å²) in [5.41, 5.74) is 5.23. The molecular weight excluding hydrogens is 280 g/mol. The molecule has 0 radical (unpaired) electrons. The summed E-state index contributed by atoms with van der Waals surface area (Å²) in [5, 5.41) is 4.45. The van der Waals surface area contributed by atoms with Crippen LogP contribution in [0.25, 0.3) is 0 Å². The number of benzene rings is 1. The topological polar surface area (TPSA) is 24.9 Å². The molecule has 3 rings (SSSR count). The minimum atomic E-state index is 0.282. The van der Waals surface area contributed by atoms with Crippen LogP contribution in [0.1, 0.15) is 47.7 Å². The molecule has 1 aliphatic carbocycles. The van der Waals surface area contributed by atoms with E-state index in [1.807, 2.05) is 18.3 Å². The number of likely N-dealkylation sites (N-methyl/N-ethyl adjacent to an activating group) is 1. The van der Waals surface area contributed by atoms with E-state index in [-0.39, 0.29) is 6.04 Å². The van der Waals surface area contributed by atoms with Gasteiger partial charge in [-0.3, -0.25) is 4.98 Å². The van der Waals surface area contributed by atoms with Crippen molar-refractivity contribution in [2.75, 3.05) is 6.54 Å². The number of aromatic nitrogens is 1. The van der Waals surface area contributed by atoms with Crippen LogP contribution in [-0.4, -0.2) is 11.5 Å². The van der Waals surface area contributed by atoms with Crippen molar-refractivity contribution >= 4 is 11.6 Å². The zero-order chi connectivity index (χ0) is 14.8. The number of rotatable bonds is 4. The van der Waals surface area contributed by atoms with E-state index in [2.05, 4.69) is 42.3 Å². The van der Waals surface area contributed by atoms with Crippen LogP contribution in [-0.2, 0) is 6.42 Å². The van der Waals surface area contributed by atoms with Crippen LogP contribution in [0.5, 0.6) is 0 Å². The molecule has 2 unspecified atom stereocenters. The average Bonchev–Trinajstić information content (AvgIpc) is 2.91. The molecule has 0 fully saturated rings. The molecule has 2 nitrogen and oxygen atoms in total. The Kier molecular flexibility index (Phi) is 4.27. The van der Waals surface area contributed by atoms with E-state index in [0.29, 0.717) is 5.92 Å². The Morgan fingerprint density at radius 2 is 2.24 bits per heavy atom. The first-order valence-corrected chi connectivity index (χ1v) is 8.01. The SMILES string of the molecule is CCNC(c1cc(Cl)ccc1C)C1CCc2cccnc21. The Bertz CT molecular complexity index is 639. The molecule has 1 aromatic carbocycles. The van der Waals surface area contributed by atoms with Gasteiger partial charge in [-0.2, -0.15) is 0 Å². The Balaban J connectivity index is 2.01. The molecule has 1 heterocycles. The largest absolute Gasteiger partial charge is 0.310 e. The van der Waals surface area contributed by atoms with Gasteiger partial charge in [0, 0.05) is 28.9 Å². The van der Waals surface area contributed by atoms with Gasteiger partial charge < -0.3 is 5.32 Å². The number of hydrogen-bond donors (Lipinski definition) is 1. The summed E-state index contributed by atoms with van der Waals surface area (Å²) in [5.74, 6) is 0.429. The van der Waals surface area contributed by atoms with E-state index >= 15 is 0 Å². The van der Waals surface area contributed by atoms with Gasteiger partial charge in [-0.25, -0.2) is 0 Å². The van der Waals surface area contributed by atoms with Crippen molar-refractivity contribution in [2.45, 2.75) is 38.6 Å². The molecule has 110 valence electrons. The number of halogens is 1. The Morgan fingerprint density at radius 1 is 1.38 bits per heavy atom. The molecule has 0 spiro atoms. The van der Waals surface area contributed by atoms with Crippen molar-refractivity contribution in [3.8, 4) is 0 Å². The fourth-order valence-electron chi connectivity index (χ4n) is 3.40. The number of nitrogens with zero attached hydrogens (tertiary/aromatic N) is 1. The maximum atomic E-state index is 6.22. The molecule has 3 heteroatoms. The zero-order valence-corrected chi connectivity index (χ0v) is 13.3. The second-order valence-corrected chi connectivity index (χ2v) is 6.17.